The molecule has 2 aliphatic rings. The summed E-state index contributed by atoms with van der Waals surface area (Å²) < 4.78 is 1.24. The van der Waals surface area contributed by atoms with E-state index in [0.717, 1.165) is 42.9 Å². The standard InChI is InChI=1S/C17H20ClNO2S/c18-16-11-3-1-2-4-12(11)22-13(16)10-19-7-5-17(6-8-19)14(20)9-15(17)21/h1-4,14-15,20-21H,5-10H2/t14-,15+. The molecular formula is C17H20ClNO2S. The molecule has 1 aromatic heterocycles. The van der Waals surface area contributed by atoms with E-state index in [0.29, 0.717) is 6.42 Å². The lowest BCUT2D eigenvalue weighted by atomic mass is 9.58. The molecular weight excluding hydrogens is 318 g/mol. The van der Waals surface area contributed by atoms with Gasteiger partial charge in [-0.05, 0) is 32.0 Å². The lowest BCUT2D eigenvalue weighted by Crippen LogP contribution is -2.61. The van der Waals surface area contributed by atoms with Gasteiger partial charge in [0.2, 0.25) is 0 Å². The highest BCUT2D eigenvalue weighted by atomic mass is 35.5. The molecule has 2 aromatic rings. The van der Waals surface area contributed by atoms with Crippen LogP contribution in [-0.2, 0) is 6.54 Å². The quantitative estimate of drug-likeness (QED) is 0.884. The average Bonchev–Trinajstić information content (AvgIpc) is 2.85. The number of aliphatic hydroxyl groups is 2. The molecule has 0 radical (unpaired) electrons. The van der Waals surface area contributed by atoms with Crippen molar-refractivity contribution < 1.29 is 10.2 Å². The van der Waals surface area contributed by atoms with Crippen molar-refractivity contribution in [3.63, 3.8) is 0 Å². The van der Waals surface area contributed by atoms with Gasteiger partial charge in [0.25, 0.3) is 0 Å². The first-order chi connectivity index (χ1) is 10.6. The van der Waals surface area contributed by atoms with Crippen LogP contribution in [-0.4, -0.2) is 40.4 Å². The maximum Gasteiger partial charge on any atom is 0.0647 e. The minimum absolute atomic E-state index is 0.236. The Balaban J connectivity index is 1.47. The number of piperidine rings is 1. The van der Waals surface area contributed by atoms with Crippen LogP contribution in [0.1, 0.15) is 24.1 Å². The third-order valence-corrected chi connectivity index (χ3v) is 7.23. The maximum atomic E-state index is 10.0. The molecule has 3 nitrogen and oxygen atoms in total. The molecule has 2 atom stereocenters. The Hall–Kier alpha value is -0.650. The van der Waals surface area contributed by atoms with Gasteiger partial charge < -0.3 is 10.2 Å². The number of fused-ring (bicyclic) bond motifs is 1. The SMILES string of the molecule is O[C@@H]1C[C@H](O)C12CCN(Cc1sc3ccccc3c1Cl)CC2. The first kappa shape index (κ1) is 14.9. The first-order valence-electron chi connectivity index (χ1n) is 7.84. The van der Waals surface area contributed by atoms with Crippen LogP contribution >= 0.6 is 22.9 Å². The molecule has 0 bridgehead atoms. The number of hydrogen-bond acceptors (Lipinski definition) is 4. The second-order valence-corrected chi connectivity index (χ2v) is 8.13. The van der Waals surface area contributed by atoms with E-state index in [2.05, 4.69) is 17.0 Å². The maximum absolute atomic E-state index is 10.0. The summed E-state index contributed by atoms with van der Waals surface area (Å²) in [6, 6.07) is 8.25. The first-order valence-corrected chi connectivity index (χ1v) is 9.04. The van der Waals surface area contributed by atoms with Crippen molar-refractivity contribution in [2.75, 3.05) is 13.1 Å². The van der Waals surface area contributed by atoms with Crippen LogP contribution < -0.4 is 0 Å². The third kappa shape index (κ3) is 2.21. The van der Waals surface area contributed by atoms with Gasteiger partial charge in [0, 0.05) is 33.3 Å². The van der Waals surface area contributed by atoms with Crippen molar-refractivity contribution >= 4 is 33.0 Å². The number of nitrogens with zero attached hydrogens (tertiary/aromatic N) is 1. The number of rotatable bonds is 2. The van der Waals surface area contributed by atoms with E-state index >= 15 is 0 Å². The van der Waals surface area contributed by atoms with Crippen LogP contribution in [0.4, 0.5) is 0 Å². The average molecular weight is 338 g/mol. The topological polar surface area (TPSA) is 43.7 Å². The smallest absolute Gasteiger partial charge is 0.0647 e. The molecule has 2 fully saturated rings. The number of hydrogen-bond donors (Lipinski definition) is 2. The van der Waals surface area contributed by atoms with Crippen LogP contribution in [0.2, 0.25) is 5.02 Å². The second kappa shape index (κ2) is 5.46. The monoisotopic (exact) mass is 337 g/mol. The summed E-state index contributed by atoms with van der Waals surface area (Å²) in [5.41, 5.74) is -0.236. The number of benzene rings is 1. The van der Waals surface area contributed by atoms with Crippen molar-refractivity contribution in [3.05, 3.63) is 34.2 Å². The van der Waals surface area contributed by atoms with Crippen LogP contribution in [0, 0.1) is 5.41 Å². The molecule has 2 heterocycles. The summed E-state index contributed by atoms with van der Waals surface area (Å²) in [5.74, 6) is 0. The van der Waals surface area contributed by atoms with Gasteiger partial charge in [-0.25, -0.2) is 0 Å². The van der Waals surface area contributed by atoms with Gasteiger partial charge in [0.05, 0.1) is 17.2 Å². The normalized spacial score (nSPS) is 28.1. The molecule has 1 aromatic carbocycles. The number of thiophene rings is 1. The van der Waals surface area contributed by atoms with E-state index in [1.54, 1.807) is 11.3 Å². The fourth-order valence-corrected chi connectivity index (χ4v) is 5.44. The van der Waals surface area contributed by atoms with Crippen LogP contribution in [0.3, 0.4) is 0 Å². The predicted octanol–water partition coefficient (Wildman–Crippen LogP) is 3.26. The predicted molar refractivity (Wildman–Crippen MR) is 90.4 cm³/mol. The number of halogens is 1. The molecule has 22 heavy (non-hydrogen) atoms. The molecule has 1 saturated heterocycles. The van der Waals surface area contributed by atoms with Crippen LogP contribution in [0.25, 0.3) is 10.1 Å². The Kier molecular flexibility index (Phi) is 3.70. The minimum Gasteiger partial charge on any atom is -0.392 e. The summed E-state index contributed by atoms with van der Waals surface area (Å²) in [7, 11) is 0. The molecule has 5 heteroatoms. The van der Waals surface area contributed by atoms with Gasteiger partial charge in [0.15, 0.2) is 0 Å². The van der Waals surface area contributed by atoms with Crippen LogP contribution in [0.15, 0.2) is 24.3 Å². The minimum atomic E-state index is -0.322. The largest absolute Gasteiger partial charge is 0.392 e. The van der Waals surface area contributed by atoms with Crippen molar-refractivity contribution in [3.8, 4) is 0 Å². The zero-order valence-electron chi connectivity index (χ0n) is 12.3. The molecule has 1 aliphatic carbocycles. The molecule has 0 unspecified atom stereocenters. The van der Waals surface area contributed by atoms with Gasteiger partial charge in [-0.2, -0.15) is 0 Å². The zero-order valence-corrected chi connectivity index (χ0v) is 13.9. The van der Waals surface area contributed by atoms with Crippen LogP contribution in [0.5, 0.6) is 0 Å². The number of aliphatic hydroxyl groups excluding tert-OH is 2. The molecule has 1 spiro atoms. The molecule has 1 saturated carbocycles. The van der Waals surface area contributed by atoms with Gasteiger partial charge in [-0.15, -0.1) is 11.3 Å². The third-order valence-electron chi connectivity index (χ3n) is 5.53. The van der Waals surface area contributed by atoms with Crippen molar-refractivity contribution in [2.45, 2.75) is 38.0 Å². The van der Waals surface area contributed by atoms with E-state index in [4.69, 9.17) is 11.6 Å². The van der Waals surface area contributed by atoms with Gasteiger partial charge >= 0.3 is 0 Å². The van der Waals surface area contributed by atoms with Gasteiger partial charge in [0.1, 0.15) is 0 Å². The highest BCUT2D eigenvalue weighted by Crippen LogP contribution is 2.49. The van der Waals surface area contributed by atoms with Crippen molar-refractivity contribution in [1.29, 1.82) is 0 Å². The Morgan fingerprint density at radius 3 is 2.50 bits per heavy atom. The van der Waals surface area contributed by atoms with E-state index in [9.17, 15) is 10.2 Å². The van der Waals surface area contributed by atoms with Gasteiger partial charge in [-0.1, -0.05) is 29.8 Å². The fraction of sp³-hybridized carbons (Fsp3) is 0.529. The molecule has 118 valence electrons. The Bertz CT molecular complexity index is 683. The Labute approximate surface area is 139 Å². The molecule has 1 aliphatic heterocycles. The second-order valence-electron chi connectivity index (χ2n) is 6.61. The summed E-state index contributed by atoms with van der Waals surface area (Å²) in [5, 5.41) is 22.0. The van der Waals surface area contributed by atoms with Gasteiger partial charge in [-0.3, -0.25) is 4.90 Å². The van der Waals surface area contributed by atoms with E-state index in [1.807, 2.05) is 12.1 Å². The summed E-state index contributed by atoms with van der Waals surface area (Å²) in [4.78, 5) is 3.60. The fourth-order valence-electron chi connectivity index (χ4n) is 3.91. The lowest BCUT2D eigenvalue weighted by molar-refractivity contribution is -0.190. The lowest BCUT2D eigenvalue weighted by Gasteiger charge is -2.55. The zero-order chi connectivity index (χ0) is 15.3. The molecule has 0 amide bonds. The molecule has 4 rings (SSSR count). The van der Waals surface area contributed by atoms with E-state index < -0.39 is 0 Å². The Morgan fingerprint density at radius 2 is 1.86 bits per heavy atom. The summed E-state index contributed by atoms with van der Waals surface area (Å²) in [6.07, 6.45) is 1.65. The highest BCUT2D eigenvalue weighted by Gasteiger charge is 2.54. The highest BCUT2D eigenvalue weighted by molar-refractivity contribution is 7.19. The number of likely N-dealkylation sites (tertiary alicyclic amines) is 1. The van der Waals surface area contributed by atoms with E-state index in [1.165, 1.54) is 9.58 Å². The van der Waals surface area contributed by atoms with Crippen molar-refractivity contribution in [2.24, 2.45) is 5.41 Å². The summed E-state index contributed by atoms with van der Waals surface area (Å²) >= 11 is 8.29. The van der Waals surface area contributed by atoms with Crippen molar-refractivity contribution in [1.82, 2.24) is 4.90 Å². The van der Waals surface area contributed by atoms with E-state index in [-0.39, 0.29) is 17.6 Å². The molecule has 2 N–H and O–H groups in total. The Morgan fingerprint density at radius 1 is 1.18 bits per heavy atom. The summed E-state index contributed by atoms with van der Waals surface area (Å²) in [6.45, 7) is 2.69.